The number of carboxylic acids is 1. The van der Waals surface area contributed by atoms with Crippen LogP contribution in [0.3, 0.4) is 0 Å². The summed E-state index contributed by atoms with van der Waals surface area (Å²) in [6.07, 6.45) is 1.81. The maximum Gasteiger partial charge on any atom is 0.356 e. The van der Waals surface area contributed by atoms with Crippen LogP contribution in [0.25, 0.3) is 5.52 Å². The fourth-order valence-electron chi connectivity index (χ4n) is 2.63. The average molecular weight is 309 g/mol. The molecule has 1 aliphatic heterocycles. The van der Waals surface area contributed by atoms with Crippen LogP contribution in [-0.4, -0.2) is 63.5 Å². The first kappa shape index (κ1) is 14.3. The van der Waals surface area contributed by atoms with Crippen molar-refractivity contribution in [3.05, 3.63) is 34.9 Å². The van der Waals surface area contributed by atoms with Crippen molar-refractivity contribution in [3.63, 3.8) is 0 Å². The van der Waals surface area contributed by atoms with Crippen LogP contribution in [0.2, 0.25) is 5.02 Å². The number of piperazine rings is 1. The van der Waals surface area contributed by atoms with Gasteiger partial charge < -0.3 is 14.4 Å². The van der Waals surface area contributed by atoms with E-state index >= 15 is 0 Å². The first-order chi connectivity index (χ1) is 10.1. The lowest BCUT2D eigenvalue weighted by Gasteiger charge is -2.31. The first-order valence-electron chi connectivity index (χ1n) is 6.86. The summed E-state index contributed by atoms with van der Waals surface area (Å²) >= 11 is 6.14. The summed E-state index contributed by atoms with van der Waals surface area (Å²) in [5.74, 6) is -0.334. The number of imidazole rings is 1. The van der Waals surface area contributed by atoms with Crippen molar-refractivity contribution in [1.29, 1.82) is 0 Å². The van der Waals surface area contributed by atoms with E-state index in [2.05, 4.69) is 21.8 Å². The third-order valence-corrected chi connectivity index (χ3v) is 4.16. The maximum atomic E-state index is 11.4. The van der Waals surface area contributed by atoms with Gasteiger partial charge in [0.1, 0.15) is 5.82 Å². The van der Waals surface area contributed by atoms with E-state index in [-0.39, 0.29) is 5.69 Å². The van der Waals surface area contributed by atoms with E-state index in [1.165, 1.54) is 0 Å². The van der Waals surface area contributed by atoms with Gasteiger partial charge in [0.15, 0.2) is 5.69 Å². The Morgan fingerprint density at radius 3 is 2.76 bits per heavy atom. The Morgan fingerprint density at radius 1 is 1.38 bits per heavy atom. The minimum atomic E-state index is -1.05. The number of hydrogen-bond acceptors (Lipinski definition) is 4. The van der Waals surface area contributed by atoms with Crippen LogP contribution in [0.1, 0.15) is 16.3 Å². The smallest absolute Gasteiger partial charge is 0.356 e. The molecule has 0 bridgehead atoms. The normalized spacial score (nSPS) is 17.4. The Kier molecular flexibility index (Phi) is 3.84. The first-order valence-corrected chi connectivity index (χ1v) is 7.23. The highest BCUT2D eigenvalue weighted by Gasteiger charge is 2.21. The summed E-state index contributed by atoms with van der Waals surface area (Å²) in [6.45, 7) is 4.55. The van der Waals surface area contributed by atoms with Gasteiger partial charge in [-0.3, -0.25) is 4.90 Å². The van der Waals surface area contributed by atoms with Gasteiger partial charge in [-0.05, 0) is 19.2 Å². The second-order valence-electron chi connectivity index (χ2n) is 5.34. The number of likely N-dealkylation sites (N-methyl/N-ethyl adjacent to an activating group) is 1. The lowest BCUT2D eigenvalue weighted by molar-refractivity contribution is 0.0693. The summed E-state index contributed by atoms with van der Waals surface area (Å²) in [7, 11) is 2.10. The summed E-state index contributed by atoms with van der Waals surface area (Å²) < 4.78 is 1.78. The summed E-state index contributed by atoms with van der Waals surface area (Å²) in [4.78, 5) is 20.2. The number of hydrogen-bond donors (Lipinski definition) is 1. The zero-order valence-electron chi connectivity index (χ0n) is 11.8. The van der Waals surface area contributed by atoms with Gasteiger partial charge in [-0.2, -0.15) is 0 Å². The minimum Gasteiger partial charge on any atom is -0.476 e. The molecule has 1 fully saturated rings. The van der Waals surface area contributed by atoms with Gasteiger partial charge in [-0.1, -0.05) is 11.6 Å². The molecule has 0 atom stereocenters. The van der Waals surface area contributed by atoms with Gasteiger partial charge >= 0.3 is 5.97 Å². The van der Waals surface area contributed by atoms with Crippen molar-refractivity contribution in [3.8, 4) is 0 Å². The van der Waals surface area contributed by atoms with Gasteiger partial charge in [-0.15, -0.1) is 0 Å². The van der Waals surface area contributed by atoms with Crippen molar-refractivity contribution >= 4 is 23.1 Å². The van der Waals surface area contributed by atoms with Gasteiger partial charge in [0.2, 0.25) is 0 Å². The van der Waals surface area contributed by atoms with Crippen LogP contribution in [0, 0.1) is 0 Å². The molecule has 1 N–H and O–H groups in total. The molecule has 112 valence electrons. The molecule has 1 saturated heterocycles. The molecule has 0 aliphatic carbocycles. The number of pyridine rings is 1. The number of rotatable bonds is 3. The zero-order valence-corrected chi connectivity index (χ0v) is 12.5. The maximum absolute atomic E-state index is 11.4. The Labute approximate surface area is 127 Å². The van der Waals surface area contributed by atoms with Crippen molar-refractivity contribution in [2.75, 3.05) is 33.2 Å². The van der Waals surface area contributed by atoms with Gasteiger partial charge in [-0.25, -0.2) is 9.78 Å². The fourth-order valence-corrected chi connectivity index (χ4v) is 2.88. The zero-order chi connectivity index (χ0) is 15.0. The predicted molar refractivity (Wildman–Crippen MR) is 79.9 cm³/mol. The Balaban J connectivity index is 1.95. The third kappa shape index (κ3) is 2.74. The molecular formula is C14H17ClN4O2. The van der Waals surface area contributed by atoms with Gasteiger partial charge in [0.25, 0.3) is 0 Å². The Hall–Kier alpha value is -1.63. The lowest BCUT2D eigenvalue weighted by atomic mass is 10.3. The predicted octanol–water partition coefficient (Wildman–Crippen LogP) is 1.43. The molecule has 0 radical (unpaired) electrons. The molecule has 1 aliphatic rings. The number of carbonyl (C=O) groups is 1. The van der Waals surface area contributed by atoms with E-state index in [4.69, 9.17) is 11.6 Å². The molecule has 21 heavy (non-hydrogen) atoms. The van der Waals surface area contributed by atoms with Crippen LogP contribution in [-0.2, 0) is 6.54 Å². The van der Waals surface area contributed by atoms with Crippen molar-refractivity contribution in [2.45, 2.75) is 6.54 Å². The fraction of sp³-hybridized carbons (Fsp3) is 0.429. The van der Waals surface area contributed by atoms with E-state index < -0.39 is 5.97 Å². The molecule has 0 amide bonds. The summed E-state index contributed by atoms with van der Waals surface area (Å²) in [5, 5.41) is 9.72. The van der Waals surface area contributed by atoms with Crippen LogP contribution in [0.5, 0.6) is 0 Å². The average Bonchev–Trinajstić information content (AvgIpc) is 2.82. The number of aromatic nitrogens is 2. The number of carboxylic acid groups (broad SMARTS) is 1. The number of fused-ring (bicyclic) bond motifs is 1. The molecule has 0 unspecified atom stereocenters. The topological polar surface area (TPSA) is 61.1 Å². The Morgan fingerprint density at radius 2 is 2.10 bits per heavy atom. The molecule has 7 heteroatoms. The van der Waals surface area contributed by atoms with Gasteiger partial charge in [0, 0.05) is 32.4 Å². The molecule has 0 spiro atoms. The Bertz CT molecular complexity index is 677. The quantitative estimate of drug-likeness (QED) is 0.929. The van der Waals surface area contributed by atoms with Crippen LogP contribution in [0.4, 0.5) is 0 Å². The number of halogens is 1. The molecular weight excluding hydrogens is 292 g/mol. The minimum absolute atomic E-state index is 0.0183. The molecule has 3 rings (SSSR count). The monoisotopic (exact) mass is 308 g/mol. The number of aromatic carboxylic acids is 1. The van der Waals surface area contributed by atoms with Crippen molar-refractivity contribution in [2.24, 2.45) is 0 Å². The second-order valence-corrected chi connectivity index (χ2v) is 5.74. The van der Waals surface area contributed by atoms with Crippen LogP contribution < -0.4 is 0 Å². The SMILES string of the molecule is CN1CCN(Cc2nc(C(=O)O)c3c(Cl)cccn23)CC1. The van der Waals surface area contributed by atoms with E-state index in [9.17, 15) is 9.90 Å². The molecule has 6 nitrogen and oxygen atoms in total. The highest BCUT2D eigenvalue weighted by molar-refractivity contribution is 6.34. The summed E-state index contributed by atoms with van der Waals surface area (Å²) in [5.41, 5.74) is 0.487. The third-order valence-electron chi connectivity index (χ3n) is 3.85. The van der Waals surface area contributed by atoms with E-state index in [0.717, 1.165) is 32.0 Å². The second kappa shape index (κ2) is 5.63. The van der Waals surface area contributed by atoms with E-state index in [1.807, 2.05) is 6.20 Å². The van der Waals surface area contributed by atoms with E-state index in [0.29, 0.717) is 17.1 Å². The van der Waals surface area contributed by atoms with Crippen molar-refractivity contribution in [1.82, 2.24) is 19.2 Å². The highest BCUT2D eigenvalue weighted by Crippen LogP contribution is 2.23. The lowest BCUT2D eigenvalue weighted by Crippen LogP contribution is -2.44. The van der Waals surface area contributed by atoms with Crippen LogP contribution >= 0.6 is 11.6 Å². The number of nitrogens with zero attached hydrogens (tertiary/aromatic N) is 4. The molecule has 0 saturated carbocycles. The van der Waals surface area contributed by atoms with Gasteiger partial charge in [0.05, 0.1) is 17.1 Å². The molecule has 2 aromatic heterocycles. The van der Waals surface area contributed by atoms with E-state index in [1.54, 1.807) is 16.5 Å². The van der Waals surface area contributed by atoms with Crippen LogP contribution in [0.15, 0.2) is 18.3 Å². The standard InChI is InChI=1S/C14H17ClN4O2/c1-17-5-7-18(8-6-17)9-11-16-12(14(20)21)13-10(15)3-2-4-19(11)13/h2-4H,5-9H2,1H3,(H,20,21). The molecule has 2 aromatic rings. The highest BCUT2D eigenvalue weighted by atomic mass is 35.5. The summed E-state index contributed by atoms with van der Waals surface area (Å²) in [6, 6.07) is 3.49. The molecule has 0 aromatic carbocycles. The largest absolute Gasteiger partial charge is 0.476 e. The molecule has 3 heterocycles. The van der Waals surface area contributed by atoms with Crippen molar-refractivity contribution < 1.29 is 9.90 Å².